The van der Waals surface area contributed by atoms with Crippen LogP contribution in [0.25, 0.3) is 5.95 Å². The van der Waals surface area contributed by atoms with Gasteiger partial charge in [0.2, 0.25) is 0 Å². The average molecular weight is 423 g/mol. The van der Waals surface area contributed by atoms with Crippen molar-refractivity contribution in [3.63, 3.8) is 0 Å². The second-order valence-electron chi connectivity index (χ2n) is 6.47. The zero-order valence-electron chi connectivity index (χ0n) is 15.1. The Labute approximate surface area is 168 Å². The monoisotopic (exact) mass is 422 g/mol. The lowest BCUT2D eigenvalue weighted by molar-refractivity contribution is -0.137. The second-order valence-corrected chi connectivity index (χ2v) is 6.85. The highest BCUT2D eigenvalue weighted by Gasteiger charge is 2.37. The van der Waals surface area contributed by atoms with Crippen molar-refractivity contribution >= 4 is 17.5 Å². The molecule has 0 fully saturated rings. The normalized spacial score (nSPS) is 16.6. The number of rotatable bonds is 2. The maximum absolute atomic E-state index is 13.1. The fourth-order valence-corrected chi connectivity index (χ4v) is 3.66. The summed E-state index contributed by atoms with van der Waals surface area (Å²) in [6.07, 6.45) is -1.10. The summed E-state index contributed by atoms with van der Waals surface area (Å²) in [5.41, 5.74) is 0.0566. The summed E-state index contributed by atoms with van der Waals surface area (Å²) < 4.78 is 40.9. The minimum atomic E-state index is -4.65. The second kappa shape index (κ2) is 7.11. The maximum atomic E-state index is 13.1. The molecule has 7 nitrogen and oxygen atoms in total. The molecule has 1 amide bonds. The fraction of sp³-hybridized carbons (Fsp3) is 0.278. The first-order valence-electron chi connectivity index (χ1n) is 8.67. The molecule has 1 atom stereocenters. The highest BCUT2D eigenvalue weighted by atomic mass is 35.5. The molecular weight excluding hydrogens is 409 g/mol. The van der Waals surface area contributed by atoms with Crippen LogP contribution in [0.2, 0.25) is 5.02 Å². The summed E-state index contributed by atoms with van der Waals surface area (Å²) in [4.78, 5) is 22.7. The Balaban J connectivity index is 1.66. The molecule has 2 aromatic heterocycles. The minimum absolute atomic E-state index is 0.199. The van der Waals surface area contributed by atoms with Crippen LogP contribution in [0.3, 0.4) is 0 Å². The van der Waals surface area contributed by atoms with E-state index in [2.05, 4.69) is 20.3 Å². The Kier molecular flexibility index (Phi) is 4.73. The Bertz CT molecular complexity index is 1070. The van der Waals surface area contributed by atoms with Gasteiger partial charge in [0.05, 0.1) is 27.9 Å². The number of nitrogens with zero attached hydrogens (tertiary/aromatic N) is 6. The van der Waals surface area contributed by atoms with Crippen LogP contribution >= 0.6 is 11.6 Å². The predicted octanol–water partition coefficient (Wildman–Crippen LogP) is 3.49. The van der Waals surface area contributed by atoms with E-state index in [0.717, 1.165) is 11.8 Å². The van der Waals surface area contributed by atoms with Crippen LogP contribution in [0, 0.1) is 0 Å². The first kappa shape index (κ1) is 19.3. The van der Waals surface area contributed by atoms with Gasteiger partial charge in [-0.1, -0.05) is 22.9 Å². The number of aromatic nitrogens is 5. The van der Waals surface area contributed by atoms with Crippen LogP contribution < -0.4 is 0 Å². The van der Waals surface area contributed by atoms with Gasteiger partial charge in [-0.2, -0.15) is 17.9 Å². The zero-order chi connectivity index (χ0) is 20.8. The molecule has 0 bridgehead atoms. The molecule has 0 N–H and O–H groups in total. The van der Waals surface area contributed by atoms with Gasteiger partial charge in [0, 0.05) is 25.4 Å². The van der Waals surface area contributed by atoms with E-state index in [1.807, 2.05) is 0 Å². The third kappa shape index (κ3) is 3.33. The van der Waals surface area contributed by atoms with Crippen LogP contribution in [-0.2, 0) is 12.6 Å². The highest BCUT2D eigenvalue weighted by Crippen LogP contribution is 2.38. The first-order chi connectivity index (χ1) is 13.8. The van der Waals surface area contributed by atoms with E-state index >= 15 is 0 Å². The van der Waals surface area contributed by atoms with Crippen LogP contribution in [0.15, 0.2) is 36.7 Å². The molecule has 0 spiro atoms. The number of hydrogen-bond acceptors (Lipinski definition) is 5. The lowest BCUT2D eigenvalue weighted by atomic mass is 10.0. The minimum Gasteiger partial charge on any atom is -0.330 e. The smallest absolute Gasteiger partial charge is 0.330 e. The average Bonchev–Trinajstić information content (AvgIpc) is 3.13. The fourth-order valence-electron chi connectivity index (χ4n) is 3.35. The Morgan fingerprint density at radius 1 is 1.21 bits per heavy atom. The van der Waals surface area contributed by atoms with Gasteiger partial charge in [0.25, 0.3) is 11.9 Å². The van der Waals surface area contributed by atoms with E-state index in [1.165, 1.54) is 21.7 Å². The third-order valence-electron chi connectivity index (χ3n) is 4.78. The molecule has 1 aliphatic heterocycles. The van der Waals surface area contributed by atoms with Gasteiger partial charge in [-0.05, 0) is 25.1 Å². The molecule has 0 aliphatic carbocycles. The van der Waals surface area contributed by atoms with Crippen molar-refractivity contribution in [3.05, 3.63) is 64.2 Å². The van der Waals surface area contributed by atoms with Crippen molar-refractivity contribution in [2.75, 3.05) is 6.54 Å². The molecule has 0 unspecified atom stereocenters. The van der Waals surface area contributed by atoms with E-state index < -0.39 is 28.7 Å². The highest BCUT2D eigenvalue weighted by molar-refractivity contribution is 6.34. The predicted molar refractivity (Wildman–Crippen MR) is 96.6 cm³/mol. The summed E-state index contributed by atoms with van der Waals surface area (Å²) in [5.74, 6) is -0.237. The molecule has 29 heavy (non-hydrogen) atoms. The maximum Gasteiger partial charge on any atom is 0.417 e. The van der Waals surface area contributed by atoms with Gasteiger partial charge in [-0.15, -0.1) is 5.10 Å². The van der Waals surface area contributed by atoms with Crippen LogP contribution in [0.5, 0.6) is 0 Å². The molecule has 3 aromatic rings. The number of alkyl halides is 3. The van der Waals surface area contributed by atoms with Crippen molar-refractivity contribution in [2.24, 2.45) is 0 Å². The summed E-state index contributed by atoms with van der Waals surface area (Å²) in [5, 5.41) is 7.62. The van der Waals surface area contributed by atoms with E-state index in [0.29, 0.717) is 18.1 Å². The molecule has 11 heteroatoms. The van der Waals surface area contributed by atoms with E-state index in [1.54, 1.807) is 25.4 Å². The van der Waals surface area contributed by atoms with Crippen molar-refractivity contribution < 1.29 is 18.0 Å². The number of halogens is 4. The van der Waals surface area contributed by atoms with E-state index in [9.17, 15) is 18.0 Å². The molecule has 1 aliphatic rings. The Morgan fingerprint density at radius 2 is 1.93 bits per heavy atom. The van der Waals surface area contributed by atoms with Crippen LogP contribution in [-0.4, -0.2) is 42.3 Å². The molecule has 0 radical (unpaired) electrons. The zero-order valence-corrected chi connectivity index (χ0v) is 15.8. The summed E-state index contributed by atoms with van der Waals surface area (Å²) in [7, 11) is 0. The Morgan fingerprint density at radius 3 is 2.62 bits per heavy atom. The van der Waals surface area contributed by atoms with Gasteiger partial charge in [0.1, 0.15) is 5.69 Å². The van der Waals surface area contributed by atoms with Gasteiger partial charge in [-0.3, -0.25) is 4.79 Å². The first-order valence-corrected chi connectivity index (χ1v) is 9.05. The summed E-state index contributed by atoms with van der Waals surface area (Å²) >= 11 is 5.92. The number of benzene rings is 1. The molecule has 4 rings (SSSR count). The van der Waals surface area contributed by atoms with Crippen molar-refractivity contribution in [1.82, 2.24) is 29.9 Å². The number of carbonyl (C=O) groups is 1. The van der Waals surface area contributed by atoms with Crippen molar-refractivity contribution in [1.29, 1.82) is 0 Å². The topological polar surface area (TPSA) is 76.8 Å². The SMILES string of the molecule is C[C@H]1c2nnn(-c3ncccn3)c2CCN1C(=O)c1cccc(C(F)(F)F)c1Cl. The summed E-state index contributed by atoms with van der Waals surface area (Å²) in [6.45, 7) is 2.00. The standard InChI is InChI=1S/C18H14ClF3N6O/c1-10-15-13(28(26-25-15)17-23-7-3-8-24-17)6-9-27(10)16(29)11-4-2-5-12(14(11)19)18(20,21)22/h2-5,7-8,10H,6,9H2,1H3/t10-/m0/s1. The quantitative estimate of drug-likeness (QED) is 0.632. The lowest BCUT2D eigenvalue weighted by Gasteiger charge is -2.33. The molecular formula is C18H14ClF3N6O. The van der Waals surface area contributed by atoms with Gasteiger partial charge in [0.15, 0.2) is 0 Å². The summed E-state index contributed by atoms with van der Waals surface area (Å²) in [6, 6.07) is 4.48. The van der Waals surface area contributed by atoms with Crippen LogP contribution in [0.1, 0.15) is 40.3 Å². The molecule has 0 saturated heterocycles. The molecule has 1 aromatic carbocycles. The largest absolute Gasteiger partial charge is 0.417 e. The molecule has 150 valence electrons. The number of hydrogen-bond donors (Lipinski definition) is 0. The Hall–Kier alpha value is -3.01. The van der Waals surface area contributed by atoms with Crippen molar-refractivity contribution in [2.45, 2.75) is 25.6 Å². The number of carbonyl (C=O) groups excluding carboxylic acids is 1. The van der Waals surface area contributed by atoms with E-state index in [4.69, 9.17) is 11.6 Å². The molecule has 3 heterocycles. The number of fused-ring (bicyclic) bond motifs is 1. The third-order valence-corrected chi connectivity index (χ3v) is 5.19. The van der Waals surface area contributed by atoms with Gasteiger partial charge >= 0.3 is 6.18 Å². The van der Waals surface area contributed by atoms with Gasteiger partial charge < -0.3 is 4.90 Å². The number of amides is 1. The molecule has 0 saturated carbocycles. The van der Waals surface area contributed by atoms with Gasteiger partial charge in [-0.25, -0.2) is 9.97 Å². The van der Waals surface area contributed by atoms with Crippen LogP contribution in [0.4, 0.5) is 13.2 Å². The lowest BCUT2D eigenvalue weighted by Crippen LogP contribution is -2.39. The van der Waals surface area contributed by atoms with Crippen molar-refractivity contribution in [3.8, 4) is 5.95 Å². The van der Waals surface area contributed by atoms with E-state index in [-0.39, 0.29) is 12.1 Å².